The molecule has 0 amide bonds. The molecule has 34 heavy (non-hydrogen) atoms. The zero-order valence-corrected chi connectivity index (χ0v) is 22.8. The van der Waals surface area contributed by atoms with Crippen molar-refractivity contribution in [3.63, 3.8) is 0 Å². The van der Waals surface area contributed by atoms with Crippen LogP contribution in [0.15, 0.2) is 18.2 Å². The Labute approximate surface area is 211 Å². The molecule has 2 nitrogen and oxygen atoms in total. The van der Waals surface area contributed by atoms with Crippen molar-refractivity contribution in [3.8, 4) is 5.75 Å². The van der Waals surface area contributed by atoms with Crippen LogP contribution in [0.25, 0.3) is 0 Å². The topological polar surface area (TPSA) is 26.3 Å². The van der Waals surface area contributed by atoms with Crippen LogP contribution in [0, 0.1) is 18.8 Å². The number of unbranched alkanes of at least 4 members (excludes halogenated alkanes) is 10. The zero-order valence-electron chi connectivity index (χ0n) is 22.8. The molecule has 0 aliphatic heterocycles. The second-order valence-corrected chi connectivity index (χ2v) is 11.1. The first kappa shape index (κ1) is 28.9. The Bertz CT molecular complexity index is 657. The molecule has 0 aromatic heterocycles. The molecule has 0 radical (unpaired) electrons. The van der Waals surface area contributed by atoms with Crippen molar-refractivity contribution in [3.05, 3.63) is 29.3 Å². The van der Waals surface area contributed by atoms with Gasteiger partial charge in [-0.15, -0.1) is 0 Å². The van der Waals surface area contributed by atoms with Crippen LogP contribution in [-0.4, -0.2) is 5.97 Å². The van der Waals surface area contributed by atoms with Gasteiger partial charge in [-0.25, -0.2) is 0 Å². The molecule has 0 N–H and O–H groups in total. The highest BCUT2D eigenvalue weighted by atomic mass is 16.5. The summed E-state index contributed by atoms with van der Waals surface area (Å²) in [5.41, 5.74) is 2.48. The quantitative estimate of drug-likeness (QED) is 0.121. The first-order valence-electron chi connectivity index (χ1n) is 14.9. The zero-order chi connectivity index (χ0) is 24.4. The van der Waals surface area contributed by atoms with Crippen LogP contribution in [0.1, 0.15) is 147 Å². The van der Waals surface area contributed by atoms with E-state index in [9.17, 15) is 4.79 Å². The summed E-state index contributed by atoms with van der Waals surface area (Å²) in [5, 5.41) is 0. The molecule has 1 aromatic carbocycles. The van der Waals surface area contributed by atoms with E-state index in [1.54, 1.807) is 0 Å². The number of carbonyl (C=O) groups excluding carboxylic acids is 1. The maximum atomic E-state index is 12.2. The highest BCUT2D eigenvalue weighted by Gasteiger charge is 2.20. The fraction of sp³-hybridized carbons (Fsp3) is 0.781. The number of ether oxygens (including phenoxy) is 1. The van der Waals surface area contributed by atoms with Gasteiger partial charge in [-0.3, -0.25) is 4.79 Å². The van der Waals surface area contributed by atoms with Crippen LogP contribution >= 0.6 is 0 Å². The normalized spacial score (nSPS) is 18.2. The number of hydrogen-bond acceptors (Lipinski definition) is 2. The highest BCUT2D eigenvalue weighted by molar-refractivity contribution is 5.72. The number of benzene rings is 1. The predicted molar refractivity (Wildman–Crippen MR) is 147 cm³/mol. The van der Waals surface area contributed by atoms with E-state index < -0.39 is 0 Å². The van der Waals surface area contributed by atoms with Crippen LogP contribution in [0.4, 0.5) is 0 Å². The molecule has 1 fully saturated rings. The van der Waals surface area contributed by atoms with Crippen molar-refractivity contribution >= 4 is 5.97 Å². The molecule has 1 aliphatic carbocycles. The Hall–Kier alpha value is -1.31. The minimum absolute atomic E-state index is 0.0828. The molecule has 0 bridgehead atoms. The Balaban J connectivity index is 1.59. The van der Waals surface area contributed by atoms with E-state index in [-0.39, 0.29) is 5.97 Å². The van der Waals surface area contributed by atoms with Crippen LogP contribution in [-0.2, 0) is 11.2 Å². The summed E-state index contributed by atoms with van der Waals surface area (Å²) in [6.07, 6.45) is 26.0. The third kappa shape index (κ3) is 12.4. The molecule has 0 unspecified atom stereocenters. The fourth-order valence-electron chi connectivity index (χ4n) is 5.60. The molecule has 1 saturated carbocycles. The maximum absolute atomic E-state index is 12.2. The third-order valence-corrected chi connectivity index (χ3v) is 7.97. The number of carbonyl (C=O) groups is 1. The van der Waals surface area contributed by atoms with Crippen molar-refractivity contribution < 1.29 is 9.53 Å². The number of aryl methyl sites for hydroxylation is 2. The van der Waals surface area contributed by atoms with Gasteiger partial charge < -0.3 is 4.74 Å². The van der Waals surface area contributed by atoms with Gasteiger partial charge in [0.15, 0.2) is 0 Å². The first-order chi connectivity index (χ1) is 16.6. The van der Waals surface area contributed by atoms with Gasteiger partial charge >= 0.3 is 5.97 Å². The molecule has 2 heteroatoms. The fourth-order valence-corrected chi connectivity index (χ4v) is 5.60. The second kappa shape index (κ2) is 18.0. The van der Waals surface area contributed by atoms with E-state index in [0.29, 0.717) is 6.42 Å². The van der Waals surface area contributed by atoms with E-state index in [2.05, 4.69) is 32.9 Å². The molecule has 194 valence electrons. The van der Waals surface area contributed by atoms with Gasteiger partial charge in [0.2, 0.25) is 0 Å². The molecule has 0 saturated heterocycles. The van der Waals surface area contributed by atoms with E-state index in [1.165, 1.54) is 108 Å². The van der Waals surface area contributed by atoms with Crippen LogP contribution in [0.5, 0.6) is 5.75 Å². The molecule has 0 spiro atoms. The second-order valence-electron chi connectivity index (χ2n) is 11.1. The highest BCUT2D eigenvalue weighted by Crippen LogP contribution is 2.34. The summed E-state index contributed by atoms with van der Waals surface area (Å²) in [4.78, 5) is 12.2. The summed E-state index contributed by atoms with van der Waals surface area (Å²) in [6, 6.07) is 6.41. The van der Waals surface area contributed by atoms with Gasteiger partial charge in [0.05, 0.1) is 0 Å². The van der Waals surface area contributed by atoms with Crippen molar-refractivity contribution in [2.75, 3.05) is 0 Å². The summed E-state index contributed by atoms with van der Waals surface area (Å²) in [5.74, 6) is 2.55. The lowest BCUT2D eigenvalue weighted by Crippen LogP contribution is -2.15. The van der Waals surface area contributed by atoms with Crippen LogP contribution in [0.2, 0.25) is 0 Å². The Morgan fingerprint density at radius 3 is 1.94 bits per heavy atom. The molecular formula is C32H54O2. The summed E-state index contributed by atoms with van der Waals surface area (Å²) >= 11 is 0. The van der Waals surface area contributed by atoms with Gasteiger partial charge in [0, 0.05) is 6.42 Å². The van der Waals surface area contributed by atoms with Gasteiger partial charge in [-0.1, -0.05) is 129 Å². The SMILES string of the molecule is CCCCCCCCC[C@H]1CC[C@H](CCc2ccc(OC(=O)CCCCCCC)c(C)c2)CC1. The van der Waals surface area contributed by atoms with Gasteiger partial charge in [-0.2, -0.15) is 0 Å². The molecule has 1 aromatic rings. The van der Waals surface area contributed by atoms with Gasteiger partial charge in [0.1, 0.15) is 5.75 Å². The smallest absolute Gasteiger partial charge is 0.311 e. The Kier molecular flexibility index (Phi) is 15.3. The van der Waals surface area contributed by atoms with Crippen LogP contribution < -0.4 is 4.74 Å². The molecular weight excluding hydrogens is 416 g/mol. The van der Waals surface area contributed by atoms with Crippen molar-refractivity contribution in [2.24, 2.45) is 11.8 Å². The monoisotopic (exact) mass is 470 g/mol. The number of hydrogen-bond donors (Lipinski definition) is 0. The standard InChI is InChI=1S/C32H54O2/c1-4-6-8-10-11-13-14-16-28-18-20-29(21-19-28)22-23-30-24-25-31(27(3)26-30)34-32(33)17-15-12-9-7-5-2/h24-26,28-29H,4-23H2,1-3H3/t28-,29-. The summed E-state index contributed by atoms with van der Waals surface area (Å²) in [6.45, 7) is 6.58. The Morgan fingerprint density at radius 1 is 0.765 bits per heavy atom. The largest absolute Gasteiger partial charge is 0.426 e. The van der Waals surface area contributed by atoms with E-state index >= 15 is 0 Å². The third-order valence-electron chi connectivity index (χ3n) is 7.97. The van der Waals surface area contributed by atoms with E-state index in [4.69, 9.17) is 4.74 Å². The van der Waals surface area contributed by atoms with Gasteiger partial charge in [-0.05, 0) is 55.2 Å². The lowest BCUT2D eigenvalue weighted by Gasteiger charge is -2.28. The Morgan fingerprint density at radius 2 is 1.32 bits per heavy atom. The number of esters is 1. The summed E-state index contributed by atoms with van der Waals surface area (Å²) < 4.78 is 5.64. The lowest BCUT2D eigenvalue weighted by molar-refractivity contribution is -0.134. The van der Waals surface area contributed by atoms with Crippen LogP contribution in [0.3, 0.4) is 0 Å². The van der Waals surface area contributed by atoms with E-state index in [0.717, 1.165) is 42.4 Å². The summed E-state index contributed by atoms with van der Waals surface area (Å²) in [7, 11) is 0. The molecule has 2 rings (SSSR count). The first-order valence-corrected chi connectivity index (χ1v) is 14.9. The minimum atomic E-state index is -0.0828. The van der Waals surface area contributed by atoms with Gasteiger partial charge in [0.25, 0.3) is 0 Å². The minimum Gasteiger partial charge on any atom is -0.426 e. The molecule has 1 aliphatic rings. The number of rotatable bonds is 18. The molecule has 0 heterocycles. The maximum Gasteiger partial charge on any atom is 0.311 e. The average Bonchev–Trinajstić information content (AvgIpc) is 2.84. The van der Waals surface area contributed by atoms with Crippen molar-refractivity contribution in [1.29, 1.82) is 0 Å². The van der Waals surface area contributed by atoms with Crippen molar-refractivity contribution in [2.45, 2.75) is 149 Å². The average molecular weight is 471 g/mol. The van der Waals surface area contributed by atoms with E-state index in [1.807, 2.05) is 6.07 Å². The van der Waals surface area contributed by atoms with Crippen molar-refractivity contribution in [1.82, 2.24) is 0 Å². The predicted octanol–water partition coefficient (Wildman–Crippen LogP) is 10.1. The molecule has 0 atom stereocenters. The lowest BCUT2D eigenvalue weighted by atomic mass is 9.77.